The van der Waals surface area contributed by atoms with Gasteiger partial charge < -0.3 is 18.9 Å². The molecule has 0 aliphatic heterocycles. The highest BCUT2D eigenvalue weighted by atomic mass is 35.5. The molecule has 2 unspecified atom stereocenters. The molecule has 0 saturated heterocycles. The number of carbonyl (C=O) groups is 2. The second-order valence-electron chi connectivity index (χ2n) is 8.58. The van der Waals surface area contributed by atoms with Gasteiger partial charge >= 0.3 is 5.97 Å². The predicted octanol–water partition coefficient (Wildman–Crippen LogP) is 5.38. The van der Waals surface area contributed by atoms with Crippen molar-refractivity contribution in [1.29, 1.82) is 0 Å². The molecule has 0 saturated carbocycles. The number of halogens is 1. The van der Waals surface area contributed by atoms with Crippen molar-refractivity contribution in [2.24, 2.45) is 5.92 Å². The number of carbonyl (C=O) groups excluding carboxylic acids is 2. The zero-order chi connectivity index (χ0) is 24.2. The van der Waals surface area contributed by atoms with Gasteiger partial charge in [0.25, 0.3) is 0 Å². The summed E-state index contributed by atoms with van der Waals surface area (Å²) in [6.07, 6.45) is 5.17. The van der Waals surface area contributed by atoms with Gasteiger partial charge in [-0.1, -0.05) is 18.2 Å². The van der Waals surface area contributed by atoms with E-state index < -0.39 is 12.1 Å². The lowest BCUT2D eigenvalue weighted by Gasteiger charge is -2.22. The smallest absolute Gasteiger partial charge is 0.343 e. The lowest BCUT2D eigenvalue weighted by Crippen LogP contribution is -2.22. The molecule has 0 aromatic heterocycles. The van der Waals surface area contributed by atoms with Crippen molar-refractivity contribution < 1.29 is 28.5 Å². The summed E-state index contributed by atoms with van der Waals surface area (Å²) < 4.78 is 22.7. The molecular weight excluding hydrogens is 456 g/mol. The molecule has 2 aliphatic rings. The molecule has 2 aromatic rings. The molecule has 2 atom stereocenters. The number of fused-ring (bicyclic) bond motifs is 3. The average molecular weight is 485 g/mol. The topological polar surface area (TPSA) is 71.1 Å². The average Bonchev–Trinajstić information content (AvgIpc) is 3.11. The van der Waals surface area contributed by atoms with Crippen LogP contribution in [-0.4, -0.2) is 39.2 Å². The van der Waals surface area contributed by atoms with Gasteiger partial charge in [-0.2, -0.15) is 0 Å². The fraction of sp³-hybridized carbons (Fsp3) is 0.407. The van der Waals surface area contributed by atoms with Gasteiger partial charge in [0, 0.05) is 25.0 Å². The Bertz CT molecular complexity index is 1120. The van der Waals surface area contributed by atoms with Crippen molar-refractivity contribution >= 4 is 28.9 Å². The van der Waals surface area contributed by atoms with Crippen LogP contribution >= 0.6 is 11.6 Å². The molecule has 180 valence electrons. The zero-order valence-corrected chi connectivity index (χ0v) is 20.4. The highest BCUT2D eigenvalue weighted by Gasteiger charge is 2.34. The molecule has 4 rings (SSSR count). The number of aryl methyl sites for hydroxylation is 1. The number of hydrogen-bond donors (Lipinski definition) is 0. The molecule has 34 heavy (non-hydrogen) atoms. The Labute approximate surface area is 204 Å². The number of ether oxygens (including phenoxy) is 4. The maximum absolute atomic E-state index is 12.9. The van der Waals surface area contributed by atoms with Crippen LogP contribution in [0.5, 0.6) is 17.2 Å². The summed E-state index contributed by atoms with van der Waals surface area (Å²) >= 11 is 5.92. The number of methoxy groups -OCH3 is 3. The standard InChI is InChI=1S/C27H29ClO6/c1-31-22-11-10-20-17(13-21(22)29)7-5-8-18-14-23(25(32-2)26(33-3)24(18)20)34-27(30)19-9-4-6-16(12-19)15-28/h4,6,9-10,12,14,17,22H,5,7-8,11,13,15H2,1-3H3. The van der Waals surface area contributed by atoms with Gasteiger partial charge in [0.05, 0.1) is 19.8 Å². The van der Waals surface area contributed by atoms with Crippen LogP contribution in [0, 0.1) is 5.92 Å². The van der Waals surface area contributed by atoms with Gasteiger partial charge in [0.1, 0.15) is 6.10 Å². The summed E-state index contributed by atoms with van der Waals surface area (Å²) in [6, 6.07) is 8.90. The highest BCUT2D eigenvalue weighted by Crippen LogP contribution is 2.50. The SMILES string of the molecule is COc1c(OC(=O)c2cccc(CCl)c2)cc2c(c1OC)C1=CCC(OC)C(=O)CC1CCC2. The molecule has 6 nitrogen and oxygen atoms in total. The van der Waals surface area contributed by atoms with E-state index in [9.17, 15) is 9.59 Å². The van der Waals surface area contributed by atoms with Crippen molar-refractivity contribution in [3.8, 4) is 17.2 Å². The predicted molar refractivity (Wildman–Crippen MR) is 130 cm³/mol. The van der Waals surface area contributed by atoms with E-state index in [4.69, 9.17) is 30.5 Å². The van der Waals surface area contributed by atoms with E-state index in [1.54, 1.807) is 32.4 Å². The van der Waals surface area contributed by atoms with Gasteiger partial charge in [0.2, 0.25) is 5.75 Å². The summed E-state index contributed by atoms with van der Waals surface area (Å²) in [5, 5.41) is 0. The quantitative estimate of drug-likeness (QED) is 0.311. The van der Waals surface area contributed by atoms with Crippen LogP contribution in [-0.2, 0) is 21.8 Å². The van der Waals surface area contributed by atoms with E-state index in [1.807, 2.05) is 12.1 Å². The number of esters is 1. The Morgan fingerprint density at radius 3 is 2.62 bits per heavy atom. The van der Waals surface area contributed by atoms with E-state index >= 15 is 0 Å². The summed E-state index contributed by atoms with van der Waals surface area (Å²) in [6.45, 7) is 0. The van der Waals surface area contributed by atoms with Gasteiger partial charge in [-0.25, -0.2) is 4.79 Å². The minimum absolute atomic E-state index is 0.0826. The molecule has 0 spiro atoms. The van der Waals surface area contributed by atoms with Crippen LogP contribution in [0.25, 0.3) is 5.57 Å². The number of alkyl halides is 1. The normalized spacial score (nSPS) is 19.8. The number of benzene rings is 2. The van der Waals surface area contributed by atoms with E-state index in [2.05, 4.69) is 6.08 Å². The van der Waals surface area contributed by atoms with Crippen molar-refractivity contribution in [3.05, 3.63) is 58.7 Å². The first-order chi connectivity index (χ1) is 16.5. The molecule has 0 N–H and O–H groups in total. The summed E-state index contributed by atoms with van der Waals surface area (Å²) in [7, 11) is 4.67. The maximum Gasteiger partial charge on any atom is 0.343 e. The maximum atomic E-state index is 12.9. The number of Topliss-reactive ketones (excluding diaryl/α,β-unsaturated/α-hetero) is 1. The third-order valence-electron chi connectivity index (χ3n) is 6.58. The highest BCUT2D eigenvalue weighted by molar-refractivity contribution is 6.17. The van der Waals surface area contributed by atoms with Gasteiger partial charge in [-0.05, 0) is 66.5 Å². The first-order valence-corrected chi connectivity index (χ1v) is 11.9. The van der Waals surface area contributed by atoms with Crippen LogP contribution < -0.4 is 14.2 Å². The Balaban J connectivity index is 1.78. The molecule has 0 bridgehead atoms. The zero-order valence-electron chi connectivity index (χ0n) is 19.7. The van der Waals surface area contributed by atoms with Crippen LogP contribution in [0.3, 0.4) is 0 Å². The third kappa shape index (κ3) is 4.70. The molecule has 0 amide bonds. The second-order valence-corrected chi connectivity index (χ2v) is 8.85. The fourth-order valence-corrected chi connectivity index (χ4v) is 5.10. The summed E-state index contributed by atoms with van der Waals surface area (Å²) in [4.78, 5) is 25.6. The lowest BCUT2D eigenvalue weighted by molar-refractivity contribution is -0.129. The Morgan fingerprint density at radius 2 is 1.91 bits per heavy atom. The van der Waals surface area contributed by atoms with Crippen molar-refractivity contribution in [1.82, 2.24) is 0 Å². The number of allylic oxidation sites excluding steroid dienone is 1. The van der Waals surface area contributed by atoms with Crippen molar-refractivity contribution in [2.45, 2.75) is 44.1 Å². The molecule has 7 heteroatoms. The number of hydrogen-bond acceptors (Lipinski definition) is 6. The van der Waals surface area contributed by atoms with Crippen LogP contribution in [0.4, 0.5) is 0 Å². The Hall–Kier alpha value is -2.83. The fourth-order valence-electron chi connectivity index (χ4n) is 4.93. The van der Waals surface area contributed by atoms with Gasteiger partial charge in [-0.3, -0.25) is 4.79 Å². The summed E-state index contributed by atoms with van der Waals surface area (Å²) in [5.41, 5.74) is 4.24. The Morgan fingerprint density at radius 1 is 1.12 bits per heavy atom. The molecule has 0 radical (unpaired) electrons. The van der Waals surface area contributed by atoms with E-state index in [0.717, 1.165) is 41.5 Å². The van der Waals surface area contributed by atoms with E-state index in [-0.39, 0.29) is 11.7 Å². The second kappa shape index (κ2) is 10.6. The van der Waals surface area contributed by atoms with Crippen molar-refractivity contribution in [3.63, 3.8) is 0 Å². The number of ketones is 1. The number of rotatable bonds is 6. The first-order valence-electron chi connectivity index (χ1n) is 11.4. The third-order valence-corrected chi connectivity index (χ3v) is 6.89. The molecule has 0 fully saturated rings. The minimum Gasteiger partial charge on any atom is -0.492 e. The monoisotopic (exact) mass is 484 g/mol. The lowest BCUT2D eigenvalue weighted by atomic mass is 9.87. The molecule has 0 heterocycles. The van der Waals surface area contributed by atoms with Crippen LogP contribution in [0.1, 0.15) is 52.7 Å². The van der Waals surface area contributed by atoms with E-state index in [1.165, 1.54) is 7.11 Å². The molecular formula is C27H29ClO6. The van der Waals surface area contributed by atoms with Crippen molar-refractivity contribution in [2.75, 3.05) is 21.3 Å². The van der Waals surface area contributed by atoms with Crippen LogP contribution in [0.2, 0.25) is 0 Å². The minimum atomic E-state index is -0.499. The summed E-state index contributed by atoms with van der Waals surface area (Å²) in [5.74, 6) is 1.18. The van der Waals surface area contributed by atoms with Gasteiger partial charge in [-0.15, -0.1) is 11.6 Å². The first kappa shape index (κ1) is 24.3. The van der Waals surface area contributed by atoms with Crippen LogP contribution in [0.15, 0.2) is 36.4 Å². The Kier molecular flexibility index (Phi) is 7.59. The molecule has 2 aliphatic carbocycles. The largest absolute Gasteiger partial charge is 0.492 e. The van der Waals surface area contributed by atoms with E-state index in [0.29, 0.717) is 41.5 Å². The van der Waals surface area contributed by atoms with Gasteiger partial charge in [0.15, 0.2) is 17.3 Å². The molecule has 2 aromatic carbocycles.